The Bertz CT molecular complexity index is 1000. The molecule has 1 unspecified atom stereocenters. The van der Waals surface area contributed by atoms with Gasteiger partial charge in [0.15, 0.2) is 0 Å². The van der Waals surface area contributed by atoms with E-state index < -0.39 is 49.5 Å². The Hall–Kier alpha value is -2.51. The zero-order valence-corrected chi connectivity index (χ0v) is 24.5. The lowest BCUT2D eigenvalue weighted by atomic mass is 10.0. The van der Waals surface area contributed by atoms with E-state index in [0.717, 1.165) is 0 Å². The molecule has 5 N–H and O–H groups in total. The van der Waals surface area contributed by atoms with Crippen molar-refractivity contribution >= 4 is 58.4 Å². The van der Waals surface area contributed by atoms with Crippen molar-refractivity contribution in [2.45, 2.75) is 6.04 Å². The van der Waals surface area contributed by atoms with Crippen molar-refractivity contribution in [1.82, 2.24) is 19.6 Å². The minimum Gasteiger partial charge on any atom is -0.497 e. The number of nitrogens with zero attached hydrogens (tertiary/aromatic N) is 4. The molecule has 0 amide bonds. The van der Waals surface area contributed by atoms with Gasteiger partial charge in [0.1, 0.15) is 11.8 Å². The highest BCUT2D eigenvalue weighted by Gasteiger charge is 2.31. The fourth-order valence-corrected chi connectivity index (χ4v) is 5.65. The average Bonchev–Trinajstić information content (AvgIpc) is 2.85. The molecule has 0 aliphatic carbocycles. The molecule has 1 aliphatic rings. The molecule has 1 saturated heterocycles. The van der Waals surface area contributed by atoms with E-state index in [2.05, 4.69) is 3.53 Å². The van der Waals surface area contributed by atoms with E-state index >= 15 is 0 Å². The second-order valence-electron chi connectivity index (χ2n) is 8.91. The van der Waals surface area contributed by atoms with Crippen LogP contribution in [0.1, 0.15) is 11.6 Å². The monoisotopic (exact) mass is 683 g/mol. The number of nitrogens with one attached hydrogen (secondary N) is 1. The minimum atomic E-state index is -1.15. The fraction of sp³-hybridized carbons (Fsp3) is 0.565. The molecule has 0 spiro atoms. The molecule has 1 aromatic carbocycles. The predicted molar refractivity (Wildman–Crippen MR) is 152 cm³/mol. The lowest BCUT2D eigenvalue weighted by Gasteiger charge is -2.35. The zero-order chi connectivity index (χ0) is 28.9. The molecule has 1 heterocycles. The number of anilines is 1. The molecule has 1 aromatic rings. The Morgan fingerprint density at radius 1 is 0.846 bits per heavy atom. The van der Waals surface area contributed by atoms with Crippen LogP contribution in [0.3, 0.4) is 0 Å². The molecule has 0 radical (unpaired) electrons. The normalized spacial score (nSPS) is 17.9. The Balaban J connectivity index is 2.47. The van der Waals surface area contributed by atoms with Gasteiger partial charge in [0.05, 0.1) is 46.3 Å². The molecule has 1 atom stereocenters. The second-order valence-corrected chi connectivity index (χ2v) is 10.9. The minimum absolute atomic E-state index is 0.156. The van der Waals surface area contributed by atoms with E-state index in [9.17, 15) is 39.6 Å². The van der Waals surface area contributed by atoms with Crippen LogP contribution in [-0.2, 0) is 19.2 Å². The summed E-state index contributed by atoms with van der Waals surface area (Å²) >= 11 is -0.850. The maximum absolute atomic E-state index is 12.7. The third-order valence-corrected chi connectivity index (χ3v) is 7.56. The van der Waals surface area contributed by atoms with E-state index in [1.165, 1.54) is 7.11 Å². The quantitative estimate of drug-likeness (QED) is 0.153. The first-order chi connectivity index (χ1) is 18.5. The molecule has 1 fully saturated rings. The van der Waals surface area contributed by atoms with Gasteiger partial charge in [-0.15, -0.1) is 0 Å². The summed E-state index contributed by atoms with van der Waals surface area (Å²) in [5, 5.41) is 38.5. The molecule has 1 aliphatic heterocycles. The number of carbonyl (C=O) groups is 4. The number of carboxylic acids is 4. The average molecular weight is 684 g/mol. The number of aliphatic carboxylic acids is 4. The van der Waals surface area contributed by atoms with Gasteiger partial charge in [-0.25, -0.2) is 0 Å². The molecule has 2 rings (SSSR count). The molecule has 39 heavy (non-hydrogen) atoms. The van der Waals surface area contributed by atoms with E-state index in [1.54, 1.807) is 37.8 Å². The summed E-state index contributed by atoms with van der Waals surface area (Å²) in [7, 11) is 6.62. The Morgan fingerprint density at radius 3 is 1.64 bits per heavy atom. The number of methoxy groups -OCH3 is 1. The highest BCUT2D eigenvalue weighted by molar-refractivity contribution is 14.2. The standard InChI is InChI=1S/C23H34IN5O9S/c1-38-16-2-3-18(25-24-39)17(12-16)22(23(36)37)29-10-8-27(14-20(32)33)6-4-26(13-19(30)31)5-7-28(9-11-29)15-21(34)35/h2-3,12,22H,4-11,13-15H2,1H3,(H,25,39)(H,30,31)(H,32,33)(H,34,35)(H,36,37). The number of ether oxygens (including phenoxy) is 1. The topological polar surface area (TPSA) is 183 Å². The largest absolute Gasteiger partial charge is 0.497 e. The molecular formula is C23H34IN5O9S. The molecule has 0 bridgehead atoms. The van der Waals surface area contributed by atoms with Crippen molar-refractivity contribution in [2.24, 2.45) is 0 Å². The van der Waals surface area contributed by atoms with Crippen molar-refractivity contribution in [3.63, 3.8) is 0 Å². The summed E-state index contributed by atoms with van der Waals surface area (Å²) in [5.74, 6) is -3.85. The van der Waals surface area contributed by atoms with Gasteiger partial charge in [-0.2, -0.15) is 0 Å². The van der Waals surface area contributed by atoms with Crippen LogP contribution < -0.4 is 8.27 Å². The number of hydrogen-bond acceptors (Lipinski definition) is 10. The van der Waals surface area contributed by atoms with Crippen LogP contribution in [0.25, 0.3) is 0 Å². The van der Waals surface area contributed by atoms with Crippen LogP contribution >= 0.6 is 28.8 Å². The van der Waals surface area contributed by atoms with E-state index in [4.69, 9.17) is 14.0 Å². The summed E-state index contributed by atoms with van der Waals surface area (Å²) in [4.78, 5) is 53.7. The summed E-state index contributed by atoms with van der Waals surface area (Å²) in [5.41, 5.74) is 0.993. The van der Waals surface area contributed by atoms with Gasteiger partial charge < -0.3 is 28.7 Å². The van der Waals surface area contributed by atoms with Gasteiger partial charge in [0.25, 0.3) is 0 Å². The van der Waals surface area contributed by atoms with Crippen LogP contribution in [0.2, 0.25) is 0 Å². The first-order valence-corrected chi connectivity index (χ1v) is 16.1. The van der Waals surface area contributed by atoms with E-state index in [1.807, 2.05) is 0 Å². The maximum Gasteiger partial charge on any atom is 0.325 e. The lowest BCUT2D eigenvalue weighted by Crippen LogP contribution is -2.49. The van der Waals surface area contributed by atoms with E-state index in [0.29, 0.717) is 17.0 Å². The summed E-state index contributed by atoms with van der Waals surface area (Å²) in [6.07, 6.45) is 0. The van der Waals surface area contributed by atoms with E-state index in [-0.39, 0.29) is 72.0 Å². The number of carboxylic acid groups (broad SMARTS) is 4. The first kappa shape index (κ1) is 32.7. The number of benzene rings is 1. The number of hydrogen-bond donors (Lipinski definition) is 5. The van der Waals surface area contributed by atoms with Gasteiger partial charge in [0.2, 0.25) is 0 Å². The summed E-state index contributed by atoms with van der Waals surface area (Å²) in [6, 6.07) is 3.87. The van der Waals surface area contributed by atoms with Crippen molar-refractivity contribution in [1.29, 1.82) is 0 Å². The zero-order valence-electron chi connectivity index (χ0n) is 21.5. The van der Waals surface area contributed by atoms with Crippen LogP contribution in [-0.4, -0.2) is 143 Å². The van der Waals surface area contributed by atoms with Crippen LogP contribution in [0, 0.1) is 0 Å². The van der Waals surface area contributed by atoms with Crippen molar-refractivity contribution < 1.29 is 44.3 Å². The van der Waals surface area contributed by atoms with Crippen LogP contribution in [0.15, 0.2) is 18.2 Å². The predicted octanol–water partition coefficient (Wildman–Crippen LogP) is 0.706. The number of halogens is 1. The third-order valence-electron chi connectivity index (χ3n) is 6.24. The number of rotatable bonds is 12. The van der Waals surface area contributed by atoms with Gasteiger partial charge >= 0.3 is 23.9 Å². The molecule has 14 nitrogen and oxygen atoms in total. The summed E-state index contributed by atoms with van der Waals surface area (Å²) in [6.45, 7) is 0.776. The molecule has 0 saturated carbocycles. The summed E-state index contributed by atoms with van der Waals surface area (Å²) < 4.78 is 8.44. The molecule has 16 heteroatoms. The maximum atomic E-state index is 12.7. The van der Waals surface area contributed by atoms with Crippen molar-refractivity contribution in [3.8, 4) is 5.75 Å². The second kappa shape index (κ2) is 16.6. The lowest BCUT2D eigenvalue weighted by molar-refractivity contribution is -0.145. The Morgan fingerprint density at radius 2 is 1.28 bits per heavy atom. The molecule has 218 valence electrons. The van der Waals surface area contributed by atoms with Gasteiger partial charge in [0, 0.05) is 63.6 Å². The van der Waals surface area contributed by atoms with Crippen molar-refractivity contribution in [3.05, 3.63) is 23.8 Å². The van der Waals surface area contributed by atoms with Gasteiger partial charge in [-0.3, -0.25) is 38.8 Å². The van der Waals surface area contributed by atoms with Crippen LogP contribution in [0.5, 0.6) is 5.75 Å². The van der Waals surface area contributed by atoms with Gasteiger partial charge in [-0.05, 0) is 27.5 Å². The Kier molecular flexibility index (Phi) is 13.9. The van der Waals surface area contributed by atoms with Crippen LogP contribution in [0.4, 0.5) is 5.69 Å². The molecular weight excluding hydrogens is 649 g/mol. The SMILES string of the molecule is COc1ccc(NI=S)c(C(C(=O)O)N2CCN(CC(=O)O)CCN(CC(=O)O)CCN(CC(=O)O)CC2)c1. The smallest absolute Gasteiger partial charge is 0.325 e. The third kappa shape index (κ3) is 11.2. The Labute approximate surface area is 239 Å². The highest BCUT2D eigenvalue weighted by atomic mass is 127. The van der Waals surface area contributed by atoms with Crippen molar-refractivity contribution in [2.75, 3.05) is 82.6 Å². The first-order valence-electron chi connectivity index (χ1n) is 12.0. The fourth-order valence-electron chi connectivity index (χ4n) is 4.37. The van der Waals surface area contributed by atoms with Gasteiger partial charge in [-0.1, -0.05) is 0 Å². The molecule has 0 aromatic heterocycles. The highest BCUT2D eigenvalue weighted by Crippen LogP contribution is 2.33.